The van der Waals surface area contributed by atoms with E-state index in [2.05, 4.69) is 26.7 Å². The van der Waals surface area contributed by atoms with Gasteiger partial charge in [0.2, 0.25) is 0 Å². The largest absolute Gasteiger partial charge is 0.369 e. The highest BCUT2D eigenvalue weighted by molar-refractivity contribution is 5.77. The van der Waals surface area contributed by atoms with Crippen LogP contribution in [0.3, 0.4) is 0 Å². The zero-order valence-electron chi connectivity index (χ0n) is 9.16. The summed E-state index contributed by atoms with van der Waals surface area (Å²) < 4.78 is 0. The number of nitrogens with one attached hydrogen (secondary N) is 3. The number of nitrogens with two attached hydrogens (primary N) is 1. The molecule has 2 aromatic rings. The maximum atomic E-state index is 5.37. The molecule has 2 rings (SSSR count). The lowest BCUT2D eigenvalue weighted by Gasteiger charge is -2.06. The molecule has 0 aliphatic carbocycles. The highest BCUT2D eigenvalue weighted by Gasteiger charge is 1.97. The van der Waals surface area contributed by atoms with Crippen LogP contribution in [0.2, 0.25) is 0 Å². The van der Waals surface area contributed by atoms with Gasteiger partial charge in [-0.2, -0.15) is 0 Å². The van der Waals surface area contributed by atoms with Gasteiger partial charge >= 0.3 is 0 Å². The molecule has 0 saturated carbocycles. The van der Waals surface area contributed by atoms with Crippen LogP contribution in [0.15, 0.2) is 24.4 Å². The minimum absolute atomic E-state index is 0.673. The van der Waals surface area contributed by atoms with Gasteiger partial charge in [0.05, 0.1) is 0 Å². The zero-order chi connectivity index (χ0) is 11.2. The minimum Gasteiger partial charge on any atom is -0.369 e. The zero-order valence-corrected chi connectivity index (χ0v) is 9.16. The predicted octanol–water partition coefficient (Wildman–Crippen LogP) is 0.523. The first-order chi connectivity index (χ1) is 7.90. The van der Waals surface area contributed by atoms with Crippen molar-refractivity contribution in [1.82, 2.24) is 15.3 Å². The number of aromatic nitrogens is 2. The van der Waals surface area contributed by atoms with E-state index in [0.29, 0.717) is 6.54 Å². The monoisotopic (exact) mass is 219 g/mol. The van der Waals surface area contributed by atoms with Gasteiger partial charge < -0.3 is 21.4 Å². The maximum Gasteiger partial charge on any atom is 0.139 e. The van der Waals surface area contributed by atoms with Gasteiger partial charge in [-0.1, -0.05) is 0 Å². The van der Waals surface area contributed by atoms with Crippen molar-refractivity contribution in [3.05, 3.63) is 24.4 Å². The molecule has 5 nitrogen and oxygen atoms in total. The van der Waals surface area contributed by atoms with Crippen LogP contribution in [0.25, 0.3) is 11.0 Å². The van der Waals surface area contributed by atoms with Crippen molar-refractivity contribution in [2.45, 2.75) is 0 Å². The summed E-state index contributed by atoms with van der Waals surface area (Å²) >= 11 is 0. The Labute approximate surface area is 94.4 Å². The number of hydrogen-bond acceptors (Lipinski definition) is 4. The molecular formula is C11H17N5. The fourth-order valence-electron chi connectivity index (χ4n) is 1.53. The molecular weight excluding hydrogens is 202 g/mol. The molecule has 0 saturated heterocycles. The van der Waals surface area contributed by atoms with Crippen molar-refractivity contribution in [2.75, 3.05) is 31.5 Å². The van der Waals surface area contributed by atoms with Gasteiger partial charge in [-0.15, -0.1) is 0 Å². The summed E-state index contributed by atoms with van der Waals surface area (Å²) in [6.45, 7) is 3.26. The molecule has 2 aromatic heterocycles. The molecule has 0 bridgehead atoms. The number of rotatable bonds is 6. The first kappa shape index (κ1) is 10.9. The third-order valence-corrected chi connectivity index (χ3v) is 2.34. The highest BCUT2D eigenvalue weighted by atomic mass is 15.0. The molecule has 0 aliphatic heterocycles. The van der Waals surface area contributed by atoms with Crippen LogP contribution in [0, 0.1) is 0 Å². The summed E-state index contributed by atoms with van der Waals surface area (Å²) in [6, 6.07) is 6.04. The number of aromatic amines is 1. The molecule has 0 aliphatic rings. The van der Waals surface area contributed by atoms with Gasteiger partial charge in [-0.05, 0) is 18.2 Å². The van der Waals surface area contributed by atoms with Gasteiger partial charge in [0.1, 0.15) is 11.5 Å². The number of fused-ring (bicyclic) bond motifs is 1. The van der Waals surface area contributed by atoms with E-state index >= 15 is 0 Å². The van der Waals surface area contributed by atoms with Crippen LogP contribution >= 0.6 is 0 Å². The summed E-state index contributed by atoms with van der Waals surface area (Å²) in [4.78, 5) is 7.52. The number of H-pyrrole nitrogens is 1. The van der Waals surface area contributed by atoms with Crippen molar-refractivity contribution < 1.29 is 0 Å². The average molecular weight is 219 g/mol. The van der Waals surface area contributed by atoms with E-state index in [1.54, 1.807) is 0 Å². The van der Waals surface area contributed by atoms with E-state index in [4.69, 9.17) is 5.73 Å². The van der Waals surface area contributed by atoms with E-state index in [1.165, 1.54) is 0 Å². The quantitative estimate of drug-likeness (QED) is 0.534. The SMILES string of the molecule is NCCNCCNc1ccc2cc[nH]c2n1. The van der Waals surface area contributed by atoms with Crippen LogP contribution in [0.5, 0.6) is 0 Å². The van der Waals surface area contributed by atoms with Crippen molar-refractivity contribution in [2.24, 2.45) is 5.73 Å². The Morgan fingerprint density at radius 1 is 1.19 bits per heavy atom. The molecule has 0 atom stereocenters. The summed E-state index contributed by atoms with van der Waals surface area (Å²) in [5, 5.41) is 7.60. The second-order valence-corrected chi connectivity index (χ2v) is 3.58. The molecule has 5 heteroatoms. The maximum absolute atomic E-state index is 5.37. The molecule has 2 heterocycles. The normalized spacial score (nSPS) is 10.8. The second-order valence-electron chi connectivity index (χ2n) is 3.58. The van der Waals surface area contributed by atoms with Gasteiger partial charge in [-0.25, -0.2) is 4.98 Å². The van der Waals surface area contributed by atoms with Crippen molar-refractivity contribution in [3.63, 3.8) is 0 Å². The molecule has 0 unspecified atom stereocenters. The van der Waals surface area contributed by atoms with Gasteiger partial charge in [0, 0.05) is 37.8 Å². The lowest BCUT2D eigenvalue weighted by atomic mass is 10.3. The molecule has 0 aromatic carbocycles. The van der Waals surface area contributed by atoms with Gasteiger partial charge in [0.25, 0.3) is 0 Å². The Bertz CT molecular complexity index is 437. The summed E-state index contributed by atoms with van der Waals surface area (Å²) in [5.41, 5.74) is 6.29. The molecule has 0 spiro atoms. The fourth-order valence-corrected chi connectivity index (χ4v) is 1.53. The standard InChI is InChI=1S/C11H17N5/c12-4-6-13-7-8-14-10-2-1-9-3-5-15-11(9)16-10/h1-3,5,13H,4,6-8,12H2,(H2,14,15,16). The smallest absolute Gasteiger partial charge is 0.139 e. The molecule has 5 N–H and O–H groups in total. The lowest BCUT2D eigenvalue weighted by Crippen LogP contribution is -2.27. The molecule has 86 valence electrons. The number of hydrogen-bond donors (Lipinski definition) is 4. The van der Waals surface area contributed by atoms with E-state index < -0.39 is 0 Å². The highest BCUT2D eigenvalue weighted by Crippen LogP contribution is 2.12. The fraction of sp³-hybridized carbons (Fsp3) is 0.364. The van der Waals surface area contributed by atoms with Crippen molar-refractivity contribution in [1.29, 1.82) is 0 Å². The summed E-state index contributed by atoms with van der Waals surface area (Å²) in [7, 11) is 0. The molecule has 0 amide bonds. The Kier molecular flexibility index (Phi) is 3.74. The number of nitrogens with zero attached hydrogens (tertiary/aromatic N) is 1. The third kappa shape index (κ3) is 2.71. The lowest BCUT2D eigenvalue weighted by molar-refractivity contribution is 0.706. The van der Waals surface area contributed by atoms with Crippen LogP contribution < -0.4 is 16.4 Å². The second kappa shape index (κ2) is 5.48. The van der Waals surface area contributed by atoms with Crippen molar-refractivity contribution >= 4 is 16.9 Å². The third-order valence-electron chi connectivity index (χ3n) is 2.34. The van der Waals surface area contributed by atoms with Gasteiger partial charge in [0.15, 0.2) is 0 Å². The number of anilines is 1. The van der Waals surface area contributed by atoms with E-state index in [-0.39, 0.29) is 0 Å². The topological polar surface area (TPSA) is 78.8 Å². The molecule has 0 radical (unpaired) electrons. The van der Waals surface area contributed by atoms with Crippen molar-refractivity contribution in [3.8, 4) is 0 Å². The van der Waals surface area contributed by atoms with Crippen LogP contribution in [-0.4, -0.2) is 36.1 Å². The van der Waals surface area contributed by atoms with Crippen LogP contribution in [-0.2, 0) is 0 Å². The van der Waals surface area contributed by atoms with Gasteiger partial charge in [-0.3, -0.25) is 0 Å². The first-order valence-corrected chi connectivity index (χ1v) is 5.49. The summed E-state index contributed by atoms with van der Waals surface area (Å²) in [5.74, 6) is 0.893. The molecule has 0 fully saturated rings. The van der Waals surface area contributed by atoms with E-state index in [0.717, 1.165) is 36.5 Å². The number of pyridine rings is 1. The predicted molar refractivity (Wildman–Crippen MR) is 66.5 cm³/mol. The Hall–Kier alpha value is -1.59. The average Bonchev–Trinajstić information content (AvgIpc) is 2.76. The Morgan fingerprint density at radius 3 is 3.00 bits per heavy atom. The molecule has 16 heavy (non-hydrogen) atoms. The minimum atomic E-state index is 0.673. The van der Waals surface area contributed by atoms with Crippen LogP contribution in [0.1, 0.15) is 0 Å². The van der Waals surface area contributed by atoms with E-state index in [1.807, 2.05) is 18.3 Å². The van der Waals surface area contributed by atoms with Crippen LogP contribution in [0.4, 0.5) is 5.82 Å². The van der Waals surface area contributed by atoms with E-state index in [9.17, 15) is 0 Å². The first-order valence-electron chi connectivity index (χ1n) is 5.49. The Morgan fingerprint density at radius 2 is 2.12 bits per heavy atom. The summed E-state index contributed by atoms with van der Waals surface area (Å²) in [6.07, 6.45) is 1.89. The Balaban J connectivity index is 1.84.